The molecule has 1 heterocycles. The van der Waals surface area contributed by atoms with E-state index >= 15 is 0 Å². The monoisotopic (exact) mass is 403 g/mol. The van der Waals surface area contributed by atoms with E-state index < -0.39 is 17.8 Å². The van der Waals surface area contributed by atoms with Gasteiger partial charge >= 0.3 is 6.18 Å². The van der Waals surface area contributed by atoms with Gasteiger partial charge < -0.3 is 10.5 Å². The fourth-order valence-corrected chi connectivity index (χ4v) is 1.65. The van der Waals surface area contributed by atoms with Crippen LogP contribution in [0.25, 0.3) is 0 Å². The van der Waals surface area contributed by atoms with Crippen LogP contribution in [0.2, 0.25) is 0 Å². The molecule has 1 aromatic rings. The van der Waals surface area contributed by atoms with E-state index in [4.69, 9.17) is 15.7 Å². The summed E-state index contributed by atoms with van der Waals surface area (Å²) in [5, 5.41) is 8.63. The van der Waals surface area contributed by atoms with Crippen LogP contribution in [0.4, 0.5) is 13.2 Å². The molecule has 9 heteroatoms. The maximum absolute atomic E-state index is 12.8. The van der Waals surface area contributed by atoms with Crippen molar-refractivity contribution in [1.29, 1.82) is 0 Å². The lowest BCUT2D eigenvalue weighted by Gasteiger charge is -2.11. The topological polar surface area (TPSA) is 97.5 Å². The van der Waals surface area contributed by atoms with Crippen molar-refractivity contribution >= 4 is 5.91 Å². The number of ether oxygens (including phenoxy) is 1. The van der Waals surface area contributed by atoms with Gasteiger partial charge in [-0.25, -0.2) is 10.5 Å². The van der Waals surface area contributed by atoms with Crippen LogP contribution >= 0.6 is 0 Å². The molecule has 0 spiro atoms. The molecular weight excluding hydrogens is 375 g/mol. The molecule has 0 aliphatic rings. The molecule has 4 N–H and O–H groups in total. The number of halogens is 3. The summed E-state index contributed by atoms with van der Waals surface area (Å²) in [5.41, 5.74) is 5.80. The first-order valence-electron chi connectivity index (χ1n) is 8.65. The van der Waals surface area contributed by atoms with E-state index in [0.29, 0.717) is 0 Å². The van der Waals surface area contributed by atoms with Gasteiger partial charge in [-0.05, 0) is 24.6 Å². The van der Waals surface area contributed by atoms with Crippen LogP contribution in [0.15, 0.2) is 48.3 Å². The van der Waals surface area contributed by atoms with Crippen molar-refractivity contribution in [2.75, 3.05) is 0 Å². The summed E-state index contributed by atoms with van der Waals surface area (Å²) < 4.78 is 43.5. The lowest BCUT2D eigenvalue weighted by molar-refractivity contribution is -0.141. The second-order valence-corrected chi connectivity index (χ2v) is 4.51. The van der Waals surface area contributed by atoms with Gasteiger partial charge in [-0.15, -0.1) is 0 Å². The summed E-state index contributed by atoms with van der Waals surface area (Å²) in [5.74, 6) is -1.35. The number of hydrogen-bond acceptors (Lipinski definition) is 5. The fraction of sp³-hybridized carbons (Fsp3) is 0.368. The Morgan fingerprint density at radius 2 is 1.89 bits per heavy atom. The van der Waals surface area contributed by atoms with Crippen molar-refractivity contribution in [2.24, 2.45) is 5.73 Å². The summed E-state index contributed by atoms with van der Waals surface area (Å²) in [4.78, 5) is 14.8. The van der Waals surface area contributed by atoms with Crippen molar-refractivity contribution in [2.45, 2.75) is 47.3 Å². The molecule has 0 radical (unpaired) electrons. The van der Waals surface area contributed by atoms with E-state index in [2.05, 4.69) is 11.6 Å². The van der Waals surface area contributed by atoms with Crippen LogP contribution in [0.5, 0.6) is 5.88 Å². The Morgan fingerprint density at radius 3 is 2.32 bits per heavy atom. The Kier molecular flexibility index (Phi) is 14.2. The van der Waals surface area contributed by atoms with E-state index in [9.17, 15) is 18.0 Å². The summed E-state index contributed by atoms with van der Waals surface area (Å²) in [6.07, 6.45) is -0.655. The Morgan fingerprint density at radius 1 is 1.32 bits per heavy atom. The number of nitrogens with zero attached hydrogens (tertiary/aromatic N) is 1. The minimum absolute atomic E-state index is 0.0176. The average molecular weight is 403 g/mol. The molecule has 0 saturated carbocycles. The largest absolute Gasteiger partial charge is 0.440 e. The first kappa shape index (κ1) is 27.6. The number of carbonyl (C=O) groups excluding carboxylic acids is 1. The van der Waals surface area contributed by atoms with E-state index in [1.54, 1.807) is 6.92 Å². The quantitative estimate of drug-likeness (QED) is 0.213. The van der Waals surface area contributed by atoms with Crippen LogP contribution in [-0.2, 0) is 17.5 Å². The average Bonchev–Trinajstić information content (AvgIpc) is 2.69. The number of hydrogen-bond donors (Lipinski definition) is 3. The summed E-state index contributed by atoms with van der Waals surface area (Å²) in [6.45, 7) is 13.0. The van der Waals surface area contributed by atoms with Gasteiger partial charge in [0.25, 0.3) is 5.91 Å². The zero-order valence-electron chi connectivity index (χ0n) is 16.7. The Labute approximate surface area is 163 Å². The SMILES string of the molecule is C=C(/C=C(\C=C/C)C(=O)NO)Oc1cc(CN)cc(C(F)(F)F)n1.CC.CC. The van der Waals surface area contributed by atoms with Crippen molar-refractivity contribution in [3.05, 3.63) is 59.5 Å². The molecule has 6 nitrogen and oxygen atoms in total. The van der Waals surface area contributed by atoms with Gasteiger partial charge in [-0.1, -0.05) is 46.4 Å². The van der Waals surface area contributed by atoms with Gasteiger partial charge in [0, 0.05) is 18.2 Å². The van der Waals surface area contributed by atoms with Gasteiger partial charge in [-0.3, -0.25) is 10.0 Å². The lowest BCUT2D eigenvalue weighted by Crippen LogP contribution is -2.20. The summed E-state index contributed by atoms with van der Waals surface area (Å²) in [6, 6.07) is 2.05. The van der Waals surface area contributed by atoms with E-state index in [1.807, 2.05) is 27.7 Å². The number of nitrogens with one attached hydrogen (secondary N) is 1. The molecule has 0 aliphatic heterocycles. The van der Waals surface area contributed by atoms with Gasteiger partial charge in [0.1, 0.15) is 11.5 Å². The number of carbonyl (C=O) groups is 1. The molecular formula is C19H28F3N3O3. The molecule has 0 fully saturated rings. The number of hydroxylamine groups is 1. The molecule has 0 aliphatic carbocycles. The second-order valence-electron chi connectivity index (χ2n) is 4.51. The maximum atomic E-state index is 12.8. The van der Waals surface area contributed by atoms with Gasteiger partial charge in [0.05, 0.1) is 0 Å². The molecule has 0 atom stereocenters. The first-order chi connectivity index (χ1) is 13.2. The third kappa shape index (κ3) is 9.89. The van der Waals surface area contributed by atoms with Crippen LogP contribution in [0.3, 0.4) is 0 Å². The predicted molar refractivity (Wildman–Crippen MR) is 102 cm³/mol. The van der Waals surface area contributed by atoms with E-state index in [-0.39, 0.29) is 29.3 Å². The van der Waals surface area contributed by atoms with Crippen molar-refractivity contribution in [3.8, 4) is 5.88 Å². The number of allylic oxidation sites excluding steroid dienone is 2. The number of amides is 1. The first-order valence-corrected chi connectivity index (χ1v) is 8.65. The Balaban J connectivity index is 0. The van der Waals surface area contributed by atoms with Gasteiger partial charge in [0.15, 0.2) is 0 Å². The minimum atomic E-state index is -4.66. The zero-order chi connectivity index (χ0) is 22.3. The van der Waals surface area contributed by atoms with E-state index in [0.717, 1.165) is 12.1 Å². The summed E-state index contributed by atoms with van der Waals surface area (Å²) in [7, 11) is 0. The minimum Gasteiger partial charge on any atom is -0.440 e. The normalized spacial score (nSPS) is 11.0. The highest BCUT2D eigenvalue weighted by Gasteiger charge is 2.33. The molecule has 0 bridgehead atoms. The smallest absolute Gasteiger partial charge is 0.433 e. The standard InChI is InChI=1S/C15H16F3N3O3.2C2H6/c1-3-4-11(14(22)21-23)5-9(2)24-13-7-10(8-19)6-12(20-13)15(16,17)18;2*1-2/h3-7,23H,2,8,19H2,1H3,(H,21,22);2*1-2H3/b4-3-,11-5+;;. The number of pyridine rings is 1. The number of aromatic nitrogens is 1. The highest BCUT2D eigenvalue weighted by atomic mass is 19.4. The molecule has 28 heavy (non-hydrogen) atoms. The molecule has 0 aromatic carbocycles. The van der Waals surface area contributed by atoms with Crippen LogP contribution in [0, 0.1) is 0 Å². The Bertz CT molecular complexity index is 685. The maximum Gasteiger partial charge on any atom is 0.433 e. The second kappa shape index (κ2) is 14.4. The molecule has 158 valence electrons. The van der Waals surface area contributed by atoms with Crippen LogP contribution in [-0.4, -0.2) is 16.1 Å². The molecule has 0 unspecified atom stereocenters. The third-order valence-corrected chi connectivity index (χ3v) is 2.65. The highest BCUT2D eigenvalue weighted by molar-refractivity contribution is 5.95. The predicted octanol–water partition coefficient (Wildman–Crippen LogP) is 4.51. The molecule has 1 amide bonds. The fourth-order valence-electron chi connectivity index (χ4n) is 1.65. The zero-order valence-corrected chi connectivity index (χ0v) is 16.7. The van der Waals surface area contributed by atoms with Crippen molar-refractivity contribution in [3.63, 3.8) is 0 Å². The third-order valence-electron chi connectivity index (χ3n) is 2.65. The van der Waals surface area contributed by atoms with Crippen molar-refractivity contribution < 1.29 is 27.9 Å². The number of alkyl halides is 3. The molecule has 1 aromatic heterocycles. The Hall–Kier alpha value is -2.65. The van der Waals surface area contributed by atoms with Crippen LogP contribution in [0.1, 0.15) is 45.9 Å². The van der Waals surface area contributed by atoms with Crippen molar-refractivity contribution in [1.82, 2.24) is 10.5 Å². The summed E-state index contributed by atoms with van der Waals surface area (Å²) >= 11 is 0. The lowest BCUT2D eigenvalue weighted by atomic mass is 10.2. The number of nitrogens with two attached hydrogens (primary N) is 1. The van der Waals surface area contributed by atoms with Gasteiger partial charge in [0.2, 0.25) is 5.88 Å². The molecule has 1 rings (SSSR count). The number of rotatable bonds is 6. The van der Waals surface area contributed by atoms with E-state index in [1.165, 1.54) is 23.7 Å². The van der Waals surface area contributed by atoms with Gasteiger partial charge in [-0.2, -0.15) is 13.2 Å². The van der Waals surface area contributed by atoms with Crippen LogP contribution < -0.4 is 16.0 Å². The highest BCUT2D eigenvalue weighted by Crippen LogP contribution is 2.30. The molecule has 0 saturated heterocycles.